The van der Waals surface area contributed by atoms with Gasteiger partial charge in [-0.25, -0.2) is 8.42 Å². The maximum Gasteiger partial charge on any atom is 0.185 e. The maximum absolute atomic E-state index is 12.1. The van der Waals surface area contributed by atoms with Crippen LogP contribution in [0.2, 0.25) is 0 Å². The lowest BCUT2D eigenvalue weighted by atomic mass is 9.98. The van der Waals surface area contributed by atoms with Crippen LogP contribution in [0.15, 0.2) is 18.5 Å². The number of aryl methyl sites for hydroxylation is 1. The summed E-state index contributed by atoms with van der Waals surface area (Å²) in [5.74, 6) is -0.416. The van der Waals surface area contributed by atoms with Crippen LogP contribution in [0.4, 0.5) is 0 Å². The van der Waals surface area contributed by atoms with E-state index in [-0.39, 0.29) is 0 Å². The van der Waals surface area contributed by atoms with Gasteiger partial charge in [-0.3, -0.25) is 9.78 Å². The summed E-state index contributed by atoms with van der Waals surface area (Å²) in [4.78, 5) is 16.0. The molecule has 0 bridgehead atoms. The van der Waals surface area contributed by atoms with Crippen LogP contribution in [-0.2, 0) is 9.84 Å². The Morgan fingerprint density at radius 3 is 2.38 bits per heavy atom. The number of pyridine rings is 1. The maximum atomic E-state index is 12.1. The fourth-order valence-corrected chi connectivity index (χ4v) is 1.64. The minimum Gasteiger partial charge on any atom is -0.292 e. The summed E-state index contributed by atoms with van der Waals surface area (Å²) in [5.41, 5.74) is 1.09. The normalized spacial score (nSPS) is 12.5. The van der Waals surface area contributed by atoms with Crippen LogP contribution in [0.3, 0.4) is 0 Å². The third kappa shape index (κ3) is 2.14. The minimum atomic E-state index is -3.44. The third-order valence-corrected chi connectivity index (χ3v) is 4.80. The van der Waals surface area contributed by atoms with E-state index in [2.05, 4.69) is 4.98 Å². The summed E-state index contributed by atoms with van der Waals surface area (Å²) < 4.78 is 21.7. The molecule has 0 fully saturated rings. The second kappa shape index (κ2) is 3.97. The van der Waals surface area contributed by atoms with Crippen molar-refractivity contribution in [1.82, 2.24) is 4.98 Å². The first-order valence-electron chi connectivity index (χ1n) is 4.83. The molecule has 5 heteroatoms. The predicted molar refractivity (Wildman–Crippen MR) is 62.2 cm³/mol. The summed E-state index contributed by atoms with van der Waals surface area (Å²) in [7, 11) is -3.44. The van der Waals surface area contributed by atoms with Gasteiger partial charge >= 0.3 is 0 Å². The number of nitrogens with zero attached hydrogens (tertiary/aromatic N) is 1. The van der Waals surface area contributed by atoms with Gasteiger partial charge in [0.05, 0.1) is 0 Å². The standard InChI is InChI=1S/C11H15NO3S/c1-8-5-6-12-7-9(8)10(13)11(2,3)16(4,14)15/h5-7H,1-4H3. The zero-order valence-corrected chi connectivity index (χ0v) is 10.6. The van der Waals surface area contributed by atoms with Crippen molar-refractivity contribution in [3.63, 3.8) is 0 Å². The van der Waals surface area contributed by atoms with Crippen molar-refractivity contribution >= 4 is 15.6 Å². The number of aromatic nitrogens is 1. The van der Waals surface area contributed by atoms with Crippen molar-refractivity contribution in [3.8, 4) is 0 Å². The lowest BCUT2D eigenvalue weighted by Gasteiger charge is -2.21. The first-order valence-corrected chi connectivity index (χ1v) is 6.72. The second-order valence-corrected chi connectivity index (χ2v) is 6.87. The molecule has 0 aliphatic rings. The molecule has 0 N–H and O–H groups in total. The highest BCUT2D eigenvalue weighted by atomic mass is 32.2. The van der Waals surface area contributed by atoms with Crippen molar-refractivity contribution < 1.29 is 13.2 Å². The smallest absolute Gasteiger partial charge is 0.185 e. The van der Waals surface area contributed by atoms with Gasteiger partial charge in [-0.05, 0) is 32.4 Å². The fraction of sp³-hybridized carbons (Fsp3) is 0.455. The van der Waals surface area contributed by atoms with Gasteiger partial charge in [-0.2, -0.15) is 0 Å². The van der Waals surface area contributed by atoms with E-state index in [0.29, 0.717) is 5.56 Å². The van der Waals surface area contributed by atoms with Gasteiger partial charge in [0, 0.05) is 24.2 Å². The fourth-order valence-electron chi connectivity index (χ4n) is 1.19. The lowest BCUT2D eigenvalue weighted by molar-refractivity contribution is 0.0953. The van der Waals surface area contributed by atoms with Gasteiger partial charge in [0.2, 0.25) is 0 Å². The number of ketones is 1. The summed E-state index contributed by atoms with van der Waals surface area (Å²) in [6.45, 7) is 4.58. The zero-order chi connectivity index (χ0) is 12.6. The number of sulfone groups is 1. The molecule has 0 atom stereocenters. The molecule has 0 unspecified atom stereocenters. The van der Waals surface area contributed by atoms with Crippen LogP contribution in [0.25, 0.3) is 0 Å². The van der Waals surface area contributed by atoms with Crippen molar-refractivity contribution in [2.24, 2.45) is 0 Å². The number of Topliss-reactive ketones (excluding diaryl/α,β-unsaturated/α-hetero) is 1. The Balaban J connectivity index is 3.29. The first kappa shape index (κ1) is 12.8. The third-order valence-electron chi connectivity index (χ3n) is 2.76. The lowest BCUT2D eigenvalue weighted by Crippen LogP contribution is -2.40. The topological polar surface area (TPSA) is 64.1 Å². The molecule has 0 radical (unpaired) electrons. The molecule has 88 valence electrons. The first-order chi connectivity index (χ1) is 7.18. The molecular weight excluding hydrogens is 226 g/mol. The van der Waals surface area contributed by atoms with Crippen molar-refractivity contribution in [2.45, 2.75) is 25.5 Å². The molecule has 4 nitrogen and oxygen atoms in total. The largest absolute Gasteiger partial charge is 0.292 e. The van der Waals surface area contributed by atoms with Gasteiger partial charge in [0.25, 0.3) is 0 Å². The summed E-state index contributed by atoms with van der Waals surface area (Å²) >= 11 is 0. The average Bonchev–Trinajstić information content (AvgIpc) is 2.15. The van der Waals surface area contributed by atoms with Gasteiger partial charge in [-0.15, -0.1) is 0 Å². The molecule has 1 heterocycles. The van der Waals surface area contributed by atoms with Crippen molar-refractivity contribution in [1.29, 1.82) is 0 Å². The van der Waals surface area contributed by atoms with Crippen LogP contribution in [-0.4, -0.2) is 30.2 Å². The number of rotatable bonds is 3. The SMILES string of the molecule is Cc1ccncc1C(=O)C(C)(C)S(C)(=O)=O. The Morgan fingerprint density at radius 2 is 1.94 bits per heavy atom. The Labute approximate surface area is 95.6 Å². The highest BCUT2D eigenvalue weighted by Crippen LogP contribution is 2.22. The van der Waals surface area contributed by atoms with E-state index in [4.69, 9.17) is 0 Å². The summed E-state index contributed by atoms with van der Waals surface area (Å²) in [6, 6.07) is 1.69. The molecule has 1 rings (SSSR count). The van der Waals surface area contributed by atoms with Crippen LogP contribution >= 0.6 is 0 Å². The monoisotopic (exact) mass is 241 g/mol. The van der Waals surface area contributed by atoms with E-state index >= 15 is 0 Å². The summed E-state index contributed by atoms with van der Waals surface area (Å²) in [5, 5.41) is 0. The number of hydrogen-bond acceptors (Lipinski definition) is 4. The van der Waals surface area contributed by atoms with Crippen LogP contribution in [0.1, 0.15) is 29.8 Å². The van der Waals surface area contributed by atoms with Gasteiger partial charge in [0.15, 0.2) is 15.6 Å². The van der Waals surface area contributed by atoms with E-state index in [1.807, 2.05) is 0 Å². The van der Waals surface area contributed by atoms with Crippen LogP contribution in [0, 0.1) is 6.92 Å². The molecule has 16 heavy (non-hydrogen) atoms. The molecule has 1 aromatic heterocycles. The molecule has 0 spiro atoms. The quantitative estimate of drug-likeness (QED) is 0.750. The highest BCUT2D eigenvalue weighted by molar-refractivity contribution is 7.92. The summed E-state index contributed by atoms with van der Waals surface area (Å²) in [6.07, 6.45) is 4.04. The Bertz CT molecular complexity index is 518. The highest BCUT2D eigenvalue weighted by Gasteiger charge is 2.39. The Kier molecular flexibility index (Phi) is 3.19. The molecule has 0 saturated heterocycles. The van der Waals surface area contributed by atoms with Gasteiger partial charge in [0.1, 0.15) is 4.75 Å². The van der Waals surface area contributed by atoms with E-state index in [0.717, 1.165) is 11.8 Å². The van der Waals surface area contributed by atoms with E-state index in [1.165, 1.54) is 20.0 Å². The van der Waals surface area contributed by atoms with Gasteiger partial charge < -0.3 is 0 Å². The van der Waals surface area contributed by atoms with Crippen LogP contribution in [0.5, 0.6) is 0 Å². The molecule has 0 aromatic carbocycles. The zero-order valence-electron chi connectivity index (χ0n) is 9.81. The van der Waals surface area contributed by atoms with Gasteiger partial charge in [-0.1, -0.05) is 0 Å². The van der Waals surface area contributed by atoms with Crippen molar-refractivity contribution in [2.75, 3.05) is 6.26 Å². The second-order valence-electron chi connectivity index (χ2n) is 4.30. The molecule has 0 aliphatic carbocycles. The molecule has 0 aliphatic heterocycles. The number of hydrogen-bond donors (Lipinski definition) is 0. The Morgan fingerprint density at radius 1 is 1.38 bits per heavy atom. The van der Waals surface area contributed by atoms with E-state index in [1.54, 1.807) is 19.2 Å². The molecule has 0 amide bonds. The Hall–Kier alpha value is -1.23. The minimum absolute atomic E-state index is 0.359. The average molecular weight is 241 g/mol. The van der Waals surface area contributed by atoms with Crippen LogP contribution < -0.4 is 0 Å². The van der Waals surface area contributed by atoms with Crippen molar-refractivity contribution in [3.05, 3.63) is 29.6 Å². The molecule has 1 aromatic rings. The van der Waals surface area contributed by atoms with E-state index < -0.39 is 20.4 Å². The van der Waals surface area contributed by atoms with E-state index in [9.17, 15) is 13.2 Å². The molecule has 0 saturated carbocycles. The molecular formula is C11H15NO3S. The number of carbonyl (C=O) groups is 1. The predicted octanol–water partition coefficient (Wildman–Crippen LogP) is 1.40. The number of carbonyl (C=O) groups excluding carboxylic acids is 1.